The van der Waals surface area contributed by atoms with E-state index in [1.54, 1.807) is 0 Å². The molecule has 1 aromatic rings. The molecule has 0 bridgehead atoms. The Hall–Kier alpha value is -1.08. The van der Waals surface area contributed by atoms with Crippen molar-refractivity contribution in [1.82, 2.24) is 4.98 Å². The van der Waals surface area contributed by atoms with Crippen LogP contribution in [0.1, 0.15) is 23.4 Å². The Morgan fingerprint density at radius 2 is 2.29 bits per heavy atom. The van der Waals surface area contributed by atoms with Crippen LogP contribution in [0.3, 0.4) is 0 Å². The van der Waals surface area contributed by atoms with Crippen LogP contribution >= 0.6 is 15.9 Å². The van der Waals surface area contributed by atoms with E-state index in [-0.39, 0.29) is 24.4 Å². The van der Waals surface area contributed by atoms with Gasteiger partial charge in [-0.15, -0.1) is 0 Å². The number of aromatic nitrogens is 1. The average molecular weight is 309 g/mol. The van der Waals surface area contributed by atoms with Crippen LogP contribution in [0, 0.1) is 0 Å². The topological polar surface area (TPSA) is 65.2 Å². The van der Waals surface area contributed by atoms with Crippen molar-refractivity contribution in [2.75, 3.05) is 7.11 Å². The fourth-order valence-electron chi connectivity index (χ4n) is 1.29. The van der Waals surface area contributed by atoms with E-state index in [0.29, 0.717) is 10.0 Å². The molecule has 0 amide bonds. The molecule has 94 valence electrons. The summed E-state index contributed by atoms with van der Waals surface area (Å²) in [6, 6.07) is 1.18. The molecule has 0 saturated carbocycles. The first-order chi connectivity index (χ1) is 7.99. The molecule has 4 nitrogen and oxygen atoms in total. The third-order valence-electron chi connectivity index (χ3n) is 2.14. The predicted octanol–water partition coefficient (Wildman–Crippen LogP) is 1.96. The van der Waals surface area contributed by atoms with Crippen molar-refractivity contribution >= 4 is 21.9 Å². The normalized spacial score (nSPS) is 10.7. The van der Waals surface area contributed by atoms with E-state index < -0.39 is 12.4 Å². The second-order valence-corrected chi connectivity index (χ2v) is 4.07. The molecule has 1 rings (SSSR count). The van der Waals surface area contributed by atoms with E-state index in [4.69, 9.17) is 5.73 Å². The van der Waals surface area contributed by atoms with Gasteiger partial charge in [-0.25, -0.2) is 8.78 Å². The van der Waals surface area contributed by atoms with Gasteiger partial charge in [0.25, 0.3) is 6.43 Å². The number of halogens is 3. The fourth-order valence-corrected chi connectivity index (χ4v) is 1.90. The molecule has 0 spiro atoms. The van der Waals surface area contributed by atoms with Crippen LogP contribution in [0.4, 0.5) is 8.78 Å². The van der Waals surface area contributed by atoms with Crippen molar-refractivity contribution in [3.05, 3.63) is 27.5 Å². The number of carbonyl (C=O) groups excluding carboxylic acids is 1. The molecule has 0 aliphatic carbocycles. The van der Waals surface area contributed by atoms with Gasteiger partial charge in [-0.3, -0.25) is 9.78 Å². The molecule has 1 heterocycles. The van der Waals surface area contributed by atoms with Gasteiger partial charge in [0.2, 0.25) is 0 Å². The third-order valence-corrected chi connectivity index (χ3v) is 2.85. The van der Waals surface area contributed by atoms with Crippen molar-refractivity contribution < 1.29 is 18.3 Å². The van der Waals surface area contributed by atoms with Crippen molar-refractivity contribution in [2.24, 2.45) is 5.73 Å². The number of carbonyl (C=O) groups is 1. The molecule has 0 fully saturated rings. The van der Waals surface area contributed by atoms with E-state index >= 15 is 0 Å². The minimum absolute atomic E-state index is 0.0223. The summed E-state index contributed by atoms with van der Waals surface area (Å²) in [5, 5.41) is 0. The predicted molar refractivity (Wildman–Crippen MR) is 60.5 cm³/mol. The van der Waals surface area contributed by atoms with Crippen LogP contribution in [0.5, 0.6) is 0 Å². The van der Waals surface area contributed by atoms with Gasteiger partial charge in [0.15, 0.2) is 0 Å². The van der Waals surface area contributed by atoms with Crippen LogP contribution in [0.25, 0.3) is 0 Å². The van der Waals surface area contributed by atoms with Gasteiger partial charge in [-0.2, -0.15) is 0 Å². The van der Waals surface area contributed by atoms with Crippen LogP contribution in [0.15, 0.2) is 10.5 Å². The lowest BCUT2D eigenvalue weighted by Crippen LogP contribution is -2.13. The van der Waals surface area contributed by atoms with Crippen molar-refractivity contribution in [2.45, 2.75) is 19.4 Å². The lowest BCUT2D eigenvalue weighted by Gasteiger charge is -2.11. The zero-order valence-corrected chi connectivity index (χ0v) is 10.6. The highest BCUT2D eigenvalue weighted by molar-refractivity contribution is 9.10. The second kappa shape index (κ2) is 6.02. The van der Waals surface area contributed by atoms with Gasteiger partial charge >= 0.3 is 5.97 Å². The first-order valence-corrected chi connectivity index (χ1v) is 5.52. The highest BCUT2D eigenvalue weighted by Crippen LogP contribution is 2.26. The van der Waals surface area contributed by atoms with Crippen LogP contribution in [-0.4, -0.2) is 18.1 Å². The van der Waals surface area contributed by atoms with Gasteiger partial charge in [-0.05, 0) is 6.07 Å². The first-order valence-electron chi connectivity index (χ1n) is 4.72. The first kappa shape index (κ1) is 14.0. The number of hydrogen-bond donors (Lipinski definition) is 1. The number of pyridine rings is 1. The number of rotatable bonds is 4. The standard InChI is InChI=1S/C10H11BrF2N2O2/c1-17-9(16)2-5-6(11)3-7(10(12)13)15-8(5)4-14/h3,10H,2,4,14H2,1H3. The molecule has 0 atom stereocenters. The van der Waals surface area contributed by atoms with Crippen LogP contribution in [0.2, 0.25) is 0 Å². The van der Waals surface area contributed by atoms with E-state index in [2.05, 4.69) is 25.7 Å². The lowest BCUT2D eigenvalue weighted by atomic mass is 10.1. The fraction of sp³-hybridized carbons (Fsp3) is 0.400. The number of hydrogen-bond acceptors (Lipinski definition) is 4. The summed E-state index contributed by atoms with van der Waals surface area (Å²) >= 11 is 3.13. The maximum Gasteiger partial charge on any atom is 0.310 e. The largest absolute Gasteiger partial charge is 0.469 e. The Bertz CT molecular complexity index is 427. The maximum atomic E-state index is 12.5. The Labute approximate surface area is 105 Å². The number of ether oxygens (including phenoxy) is 1. The Morgan fingerprint density at radius 3 is 2.76 bits per heavy atom. The van der Waals surface area contributed by atoms with Crippen LogP contribution in [-0.2, 0) is 22.5 Å². The van der Waals surface area contributed by atoms with Crippen molar-refractivity contribution in [3.8, 4) is 0 Å². The summed E-state index contributed by atoms with van der Waals surface area (Å²) < 4.78 is 29.9. The maximum absolute atomic E-state index is 12.5. The summed E-state index contributed by atoms with van der Waals surface area (Å²) in [4.78, 5) is 14.9. The zero-order chi connectivity index (χ0) is 13.0. The van der Waals surface area contributed by atoms with E-state index in [0.717, 1.165) is 0 Å². The monoisotopic (exact) mass is 308 g/mol. The van der Waals surface area contributed by atoms with Gasteiger partial charge in [0.05, 0.1) is 19.2 Å². The van der Waals surface area contributed by atoms with Crippen molar-refractivity contribution in [1.29, 1.82) is 0 Å². The molecule has 7 heteroatoms. The summed E-state index contributed by atoms with van der Waals surface area (Å²) in [6.45, 7) is -0.0223. The minimum Gasteiger partial charge on any atom is -0.469 e. The Kier molecular flexibility index (Phi) is 4.95. The minimum atomic E-state index is -2.68. The van der Waals surface area contributed by atoms with E-state index in [9.17, 15) is 13.6 Å². The van der Waals surface area contributed by atoms with Gasteiger partial charge in [0.1, 0.15) is 5.69 Å². The molecular formula is C10H11BrF2N2O2. The summed E-state index contributed by atoms with van der Waals surface area (Å²) in [7, 11) is 1.25. The summed E-state index contributed by atoms with van der Waals surface area (Å²) in [6.07, 6.45) is -2.73. The zero-order valence-electron chi connectivity index (χ0n) is 9.04. The SMILES string of the molecule is COC(=O)Cc1c(Br)cc(C(F)F)nc1CN. The molecule has 1 aromatic heterocycles. The third kappa shape index (κ3) is 3.44. The molecule has 0 unspecified atom stereocenters. The Balaban J connectivity index is 3.16. The number of esters is 1. The average Bonchev–Trinajstić information content (AvgIpc) is 2.30. The van der Waals surface area contributed by atoms with Gasteiger partial charge in [0, 0.05) is 16.6 Å². The number of nitrogens with two attached hydrogens (primary N) is 1. The van der Waals surface area contributed by atoms with Gasteiger partial charge in [-0.1, -0.05) is 15.9 Å². The molecule has 0 radical (unpaired) electrons. The number of nitrogens with zero attached hydrogens (tertiary/aromatic N) is 1. The highest BCUT2D eigenvalue weighted by atomic mass is 79.9. The number of methoxy groups -OCH3 is 1. The molecule has 0 saturated heterocycles. The molecular weight excluding hydrogens is 298 g/mol. The smallest absolute Gasteiger partial charge is 0.310 e. The van der Waals surface area contributed by atoms with Crippen LogP contribution < -0.4 is 5.73 Å². The van der Waals surface area contributed by atoms with Crippen molar-refractivity contribution in [3.63, 3.8) is 0 Å². The highest BCUT2D eigenvalue weighted by Gasteiger charge is 2.17. The summed E-state index contributed by atoms with van der Waals surface area (Å²) in [5.74, 6) is -0.480. The summed E-state index contributed by atoms with van der Waals surface area (Å²) in [5.41, 5.74) is 5.80. The molecule has 0 aromatic carbocycles. The molecule has 2 N–H and O–H groups in total. The molecule has 17 heavy (non-hydrogen) atoms. The molecule has 0 aliphatic heterocycles. The quantitative estimate of drug-likeness (QED) is 0.864. The van der Waals surface area contributed by atoms with E-state index in [1.165, 1.54) is 13.2 Å². The van der Waals surface area contributed by atoms with E-state index in [1.807, 2.05) is 0 Å². The van der Waals surface area contributed by atoms with Gasteiger partial charge < -0.3 is 10.5 Å². The lowest BCUT2D eigenvalue weighted by molar-refractivity contribution is -0.139. The second-order valence-electron chi connectivity index (χ2n) is 3.21. The molecule has 0 aliphatic rings. The number of alkyl halides is 2. The Morgan fingerprint density at radius 1 is 1.65 bits per heavy atom.